The molecule has 156 valence electrons. The molecule has 0 aliphatic rings. The van der Waals surface area contributed by atoms with E-state index in [2.05, 4.69) is 36.6 Å². The van der Waals surface area contributed by atoms with Crippen molar-refractivity contribution < 1.29 is 9.59 Å². The summed E-state index contributed by atoms with van der Waals surface area (Å²) in [4.78, 5) is 26.7. The maximum atomic E-state index is 12.5. The van der Waals surface area contributed by atoms with E-state index < -0.39 is 0 Å². The minimum Gasteiger partial charge on any atom is -0.325 e. The van der Waals surface area contributed by atoms with Crippen molar-refractivity contribution in [1.82, 2.24) is 4.90 Å². The van der Waals surface area contributed by atoms with Crippen molar-refractivity contribution in [3.63, 3.8) is 0 Å². The molecule has 2 rings (SSSR count). The fraction of sp³-hybridized carbons (Fsp3) is 0.417. The number of nitrogens with one attached hydrogen (secondary N) is 2. The first-order chi connectivity index (χ1) is 13.7. The second-order valence-electron chi connectivity index (χ2n) is 7.94. The summed E-state index contributed by atoms with van der Waals surface area (Å²) >= 11 is 0. The van der Waals surface area contributed by atoms with Crippen molar-refractivity contribution in [3.05, 3.63) is 58.7 Å². The van der Waals surface area contributed by atoms with Crippen LogP contribution in [0.2, 0.25) is 0 Å². The summed E-state index contributed by atoms with van der Waals surface area (Å²) in [6.45, 7) is 10.6. The fourth-order valence-corrected chi connectivity index (χ4v) is 3.55. The molecular formula is C24H33N3O2. The predicted octanol–water partition coefficient (Wildman–Crippen LogP) is 4.63. The highest BCUT2D eigenvalue weighted by atomic mass is 16.2. The molecule has 0 heterocycles. The van der Waals surface area contributed by atoms with Gasteiger partial charge in [-0.25, -0.2) is 0 Å². The van der Waals surface area contributed by atoms with Crippen LogP contribution in [0.3, 0.4) is 0 Å². The molecule has 0 aliphatic heterocycles. The Morgan fingerprint density at radius 2 is 1.52 bits per heavy atom. The molecule has 5 heteroatoms. The molecule has 0 radical (unpaired) electrons. The minimum atomic E-state index is -0.129. The quantitative estimate of drug-likeness (QED) is 0.685. The molecule has 2 N–H and O–H groups in total. The molecule has 2 aromatic carbocycles. The van der Waals surface area contributed by atoms with E-state index in [4.69, 9.17) is 0 Å². The Morgan fingerprint density at radius 1 is 0.966 bits per heavy atom. The molecule has 5 nitrogen and oxygen atoms in total. The van der Waals surface area contributed by atoms with Crippen LogP contribution in [0.5, 0.6) is 0 Å². The molecule has 0 saturated carbocycles. The highest BCUT2D eigenvalue weighted by Gasteiger charge is 2.15. The van der Waals surface area contributed by atoms with Gasteiger partial charge in [0, 0.05) is 11.4 Å². The lowest BCUT2D eigenvalue weighted by Gasteiger charge is -2.19. The molecule has 2 aromatic rings. The van der Waals surface area contributed by atoms with E-state index in [9.17, 15) is 9.59 Å². The van der Waals surface area contributed by atoms with Gasteiger partial charge in [0.15, 0.2) is 0 Å². The third kappa shape index (κ3) is 6.43. The van der Waals surface area contributed by atoms with Crippen LogP contribution in [0.15, 0.2) is 36.4 Å². The second-order valence-corrected chi connectivity index (χ2v) is 7.94. The summed E-state index contributed by atoms with van der Waals surface area (Å²) in [7, 11) is 1.77. The molecule has 0 aliphatic carbocycles. The third-order valence-electron chi connectivity index (χ3n) is 5.15. The average molecular weight is 396 g/mol. The van der Waals surface area contributed by atoms with Gasteiger partial charge in [-0.05, 0) is 62.9 Å². The Balaban J connectivity index is 1.93. The van der Waals surface area contributed by atoms with Gasteiger partial charge in [0.25, 0.3) is 0 Å². The van der Waals surface area contributed by atoms with E-state index in [0.717, 1.165) is 34.5 Å². The van der Waals surface area contributed by atoms with Gasteiger partial charge in [-0.1, -0.05) is 49.7 Å². The van der Waals surface area contributed by atoms with Crippen molar-refractivity contribution in [2.24, 2.45) is 0 Å². The predicted molar refractivity (Wildman–Crippen MR) is 121 cm³/mol. The molecule has 0 spiro atoms. The monoisotopic (exact) mass is 395 g/mol. The third-order valence-corrected chi connectivity index (χ3v) is 5.15. The molecule has 2 amide bonds. The second kappa shape index (κ2) is 10.2. The largest absolute Gasteiger partial charge is 0.325 e. The van der Waals surface area contributed by atoms with Gasteiger partial charge in [-0.3, -0.25) is 14.5 Å². The molecular weight excluding hydrogens is 362 g/mol. The number of carbonyl (C=O) groups is 2. The Morgan fingerprint density at radius 3 is 2.10 bits per heavy atom. The van der Waals surface area contributed by atoms with E-state index in [1.807, 2.05) is 45.0 Å². The number of nitrogens with zero attached hydrogens (tertiary/aromatic N) is 1. The van der Waals surface area contributed by atoms with Crippen molar-refractivity contribution >= 4 is 23.2 Å². The average Bonchev–Trinajstić information content (AvgIpc) is 2.64. The number of rotatable bonds is 8. The number of hydrogen-bond acceptors (Lipinski definition) is 3. The molecule has 0 bridgehead atoms. The number of carbonyl (C=O) groups excluding carboxylic acids is 2. The van der Waals surface area contributed by atoms with Gasteiger partial charge in [-0.2, -0.15) is 0 Å². The van der Waals surface area contributed by atoms with Gasteiger partial charge in [0.1, 0.15) is 0 Å². The lowest BCUT2D eigenvalue weighted by Crippen LogP contribution is -2.36. The highest BCUT2D eigenvalue weighted by molar-refractivity contribution is 5.95. The summed E-state index contributed by atoms with van der Waals surface area (Å²) < 4.78 is 0. The molecule has 0 saturated heterocycles. The first kappa shape index (κ1) is 22.6. The van der Waals surface area contributed by atoms with Gasteiger partial charge < -0.3 is 10.6 Å². The Bertz CT molecular complexity index is 853. The van der Waals surface area contributed by atoms with E-state index in [-0.39, 0.29) is 24.9 Å². The lowest BCUT2D eigenvalue weighted by atomic mass is 9.97. The normalized spacial score (nSPS) is 12.0. The summed E-state index contributed by atoms with van der Waals surface area (Å²) in [5.41, 5.74) is 6.07. The van der Waals surface area contributed by atoms with Gasteiger partial charge in [-0.15, -0.1) is 0 Å². The molecule has 1 atom stereocenters. The van der Waals surface area contributed by atoms with Crippen molar-refractivity contribution in [2.45, 2.75) is 47.0 Å². The summed E-state index contributed by atoms with van der Waals surface area (Å²) in [6.07, 6.45) is 1.00. The topological polar surface area (TPSA) is 61.4 Å². The van der Waals surface area contributed by atoms with Gasteiger partial charge in [0.05, 0.1) is 13.1 Å². The van der Waals surface area contributed by atoms with Crippen molar-refractivity contribution in [3.8, 4) is 0 Å². The van der Waals surface area contributed by atoms with Crippen LogP contribution >= 0.6 is 0 Å². The van der Waals surface area contributed by atoms with Crippen LogP contribution in [0, 0.1) is 20.8 Å². The fourth-order valence-electron chi connectivity index (χ4n) is 3.55. The Labute approximate surface area is 174 Å². The van der Waals surface area contributed by atoms with Crippen molar-refractivity contribution in [1.29, 1.82) is 0 Å². The molecule has 0 fully saturated rings. The van der Waals surface area contributed by atoms with E-state index in [1.54, 1.807) is 11.9 Å². The summed E-state index contributed by atoms with van der Waals surface area (Å²) in [6, 6.07) is 12.0. The van der Waals surface area contributed by atoms with Crippen LogP contribution < -0.4 is 10.6 Å². The maximum Gasteiger partial charge on any atom is 0.238 e. The van der Waals surface area contributed by atoms with E-state index in [0.29, 0.717) is 5.92 Å². The van der Waals surface area contributed by atoms with Gasteiger partial charge in [0.2, 0.25) is 11.8 Å². The SMILES string of the molecule is CC[C@@H](C)c1ccccc1NC(=O)CN(C)CC(=O)Nc1c(C)cc(C)cc1C. The summed E-state index contributed by atoms with van der Waals surface area (Å²) in [5.74, 6) is 0.116. The number of amides is 2. The first-order valence-electron chi connectivity index (χ1n) is 10.2. The van der Waals surface area contributed by atoms with Gasteiger partial charge >= 0.3 is 0 Å². The standard InChI is InChI=1S/C24H33N3O2/c1-7-17(3)20-10-8-9-11-21(20)25-22(28)14-27(6)15-23(29)26-24-18(4)12-16(2)13-19(24)5/h8-13,17H,7,14-15H2,1-6H3,(H,25,28)(H,26,29)/t17-/m1/s1. The summed E-state index contributed by atoms with van der Waals surface area (Å²) in [5, 5.41) is 5.97. The van der Waals surface area contributed by atoms with E-state index in [1.165, 1.54) is 5.56 Å². The molecule has 0 unspecified atom stereocenters. The zero-order valence-electron chi connectivity index (χ0n) is 18.4. The minimum absolute atomic E-state index is 0.126. The van der Waals surface area contributed by atoms with Crippen molar-refractivity contribution in [2.75, 3.05) is 30.8 Å². The number of hydrogen-bond donors (Lipinski definition) is 2. The van der Waals surface area contributed by atoms with Crippen LogP contribution in [0.1, 0.15) is 48.4 Å². The molecule has 0 aromatic heterocycles. The Hall–Kier alpha value is -2.66. The Kier molecular flexibility index (Phi) is 7.97. The van der Waals surface area contributed by atoms with Crippen LogP contribution in [0.25, 0.3) is 0 Å². The van der Waals surface area contributed by atoms with Crippen LogP contribution in [-0.2, 0) is 9.59 Å². The number of anilines is 2. The smallest absolute Gasteiger partial charge is 0.238 e. The first-order valence-corrected chi connectivity index (χ1v) is 10.2. The molecule has 29 heavy (non-hydrogen) atoms. The highest BCUT2D eigenvalue weighted by Crippen LogP contribution is 2.26. The number of aryl methyl sites for hydroxylation is 3. The number of benzene rings is 2. The zero-order chi connectivity index (χ0) is 21.6. The van der Waals surface area contributed by atoms with E-state index >= 15 is 0 Å². The maximum absolute atomic E-state index is 12.5. The van der Waals surface area contributed by atoms with Crippen LogP contribution in [0.4, 0.5) is 11.4 Å². The number of likely N-dealkylation sites (N-methyl/N-ethyl adjacent to an activating group) is 1. The lowest BCUT2D eigenvalue weighted by molar-refractivity contribution is -0.119. The number of para-hydroxylation sites is 1. The zero-order valence-corrected chi connectivity index (χ0v) is 18.4. The van der Waals surface area contributed by atoms with Crippen LogP contribution in [-0.4, -0.2) is 36.9 Å².